The minimum Gasteiger partial charge on any atom is -0.431 e. The summed E-state index contributed by atoms with van der Waals surface area (Å²) in [6.07, 6.45) is 1.67. The molecule has 0 saturated carbocycles. The van der Waals surface area contributed by atoms with Gasteiger partial charge in [0.1, 0.15) is 5.75 Å². The molecule has 0 aliphatic carbocycles. The van der Waals surface area contributed by atoms with E-state index in [9.17, 15) is 4.79 Å². The van der Waals surface area contributed by atoms with Gasteiger partial charge in [0.05, 0.1) is 6.54 Å². The van der Waals surface area contributed by atoms with E-state index < -0.39 is 0 Å². The molecule has 0 spiro atoms. The zero-order valence-corrected chi connectivity index (χ0v) is 12.5. The molecule has 22 heavy (non-hydrogen) atoms. The Morgan fingerprint density at radius 2 is 2.18 bits per heavy atom. The van der Waals surface area contributed by atoms with Crippen LogP contribution < -0.4 is 10.1 Å². The highest BCUT2D eigenvalue weighted by atomic mass is 32.1. The van der Waals surface area contributed by atoms with Crippen LogP contribution in [0.3, 0.4) is 0 Å². The summed E-state index contributed by atoms with van der Waals surface area (Å²) >= 11 is 1.40. The number of benzene rings is 1. The smallest absolute Gasteiger partial charge is 0.278 e. The number of carbonyl (C=O) groups excluding carboxylic acids is 1. The van der Waals surface area contributed by atoms with E-state index in [0.717, 1.165) is 0 Å². The third kappa shape index (κ3) is 3.47. The van der Waals surface area contributed by atoms with E-state index >= 15 is 0 Å². The molecule has 0 atom stereocenters. The highest BCUT2D eigenvalue weighted by Crippen LogP contribution is 2.23. The molecule has 2 heterocycles. The van der Waals surface area contributed by atoms with Crippen LogP contribution in [-0.2, 0) is 6.54 Å². The molecule has 0 aliphatic rings. The number of aromatic nitrogens is 3. The number of carbonyl (C=O) groups is 1. The first-order valence-electron chi connectivity index (χ1n) is 6.45. The summed E-state index contributed by atoms with van der Waals surface area (Å²) in [5.41, 5.74) is 0.516. The summed E-state index contributed by atoms with van der Waals surface area (Å²) in [6, 6.07) is 6.79. The molecule has 8 heteroatoms. The Morgan fingerprint density at radius 1 is 1.36 bits per heavy atom. The molecule has 0 saturated heterocycles. The fourth-order valence-corrected chi connectivity index (χ4v) is 2.21. The van der Waals surface area contributed by atoms with E-state index in [-0.39, 0.29) is 12.5 Å². The second-order valence-corrected chi connectivity index (χ2v) is 5.20. The van der Waals surface area contributed by atoms with Gasteiger partial charge in [0.25, 0.3) is 11.1 Å². The van der Waals surface area contributed by atoms with Gasteiger partial charge in [0.2, 0.25) is 5.89 Å². The maximum Gasteiger partial charge on any atom is 0.278 e. The molecule has 0 aliphatic heterocycles. The molecule has 1 N–H and O–H groups in total. The molecule has 0 fully saturated rings. The maximum atomic E-state index is 12.0. The Morgan fingerprint density at radius 3 is 2.82 bits per heavy atom. The number of rotatable bonds is 5. The first-order chi connectivity index (χ1) is 10.7. The minimum absolute atomic E-state index is 0.192. The van der Waals surface area contributed by atoms with Gasteiger partial charge in [-0.15, -0.1) is 0 Å². The van der Waals surface area contributed by atoms with E-state index in [4.69, 9.17) is 9.26 Å². The summed E-state index contributed by atoms with van der Waals surface area (Å²) in [5.74, 6) is 1.30. The molecule has 3 rings (SSSR count). The van der Waals surface area contributed by atoms with Crippen molar-refractivity contribution in [2.24, 2.45) is 0 Å². The largest absolute Gasteiger partial charge is 0.431 e. The standard InChI is InChI=1S/C14H12N4O3S/c1-9-17-12(21-18-9)8-16-13(19)10-2-4-11(5-3-10)20-14-15-6-7-22-14/h2-7H,8H2,1H3,(H,16,19). The van der Waals surface area contributed by atoms with E-state index in [1.165, 1.54) is 11.3 Å². The first kappa shape index (κ1) is 14.2. The quantitative estimate of drug-likeness (QED) is 0.778. The SMILES string of the molecule is Cc1noc(CNC(=O)c2ccc(Oc3nccs3)cc2)n1. The summed E-state index contributed by atoms with van der Waals surface area (Å²) in [4.78, 5) is 20.0. The van der Waals surface area contributed by atoms with Crippen molar-refractivity contribution in [2.45, 2.75) is 13.5 Å². The van der Waals surface area contributed by atoms with Gasteiger partial charge in [0.15, 0.2) is 5.82 Å². The van der Waals surface area contributed by atoms with Gasteiger partial charge >= 0.3 is 0 Å². The molecule has 1 amide bonds. The summed E-state index contributed by atoms with van der Waals surface area (Å²) in [5, 5.41) is 8.75. The van der Waals surface area contributed by atoms with Crippen molar-refractivity contribution < 1.29 is 14.1 Å². The lowest BCUT2D eigenvalue weighted by Crippen LogP contribution is -2.22. The molecule has 2 aromatic heterocycles. The Labute approximate surface area is 130 Å². The number of ether oxygens (including phenoxy) is 1. The number of thiazole rings is 1. The molecular formula is C14H12N4O3S. The van der Waals surface area contributed by atoms with Crippen LogP contribution in [0.5, 0.6) is 10.9 Å². The van der Waals surface area contributed by atoms with Gasteiger partial charge in [-0.2, -0.15) is 4.98 Å². The number of nitrogens with one attached hydrogen (secondary N) is 1. The molecule has 3 aromatic rings. The Bertz CT molecular complexity index is 753. The fourth-order valence-electron chi connectivity index (χ4n) is 1.71. The lowest BCUT2D eigenvalue weighted by molar-refractivity contribution is 0.0946. The van der Waals surface area contributed by atoms with Crippen LogP contribution in [0.1, 0.15) is 22.1 Å². The fraction of sp³-hybridized carbons (Fsp3) is 0.143. The lowest BCUT2D eigenvalue weighted by atomic mass is 10.2. The van der Waals surface area contributed by atoms with Crippen LogP contribution in [0.4, 0.5) is 0 Å². The molecule has 0 unspecified atom stereocenters. The highest BCUT2D eigenvalue weighted by Gasteiger charge is 2.09. The number of amides is 1. The molecular weight excluding hydrogens is 304 g/mol. The molecule has 0 bridgehead atoms. The van der Waals surface area contributed by atoms with Gasteiger partial charge in [-0.3, -0.25) is 4.79 Å². The van der Waals surface area contributed by atoms with Crippen molar-refractivity contribution in [3.8, 4) is 10.9 Å². The molecule has 0 radical (unpaired) electrons. The van der Waals surface area contributed by atoms with Crippen molar-refractivity contribution in [1.82, 2.24) is 20.4 Å². The van der Waals surface area contributed by atoms with Crippen molar-refractivity contribution in [1.29, 1.82) is 0 Å². The van der Waals surface area contributed by atoms with Crippen LogP contribution >= 0.6 is 11.3 Å². The minimum atomic E-state index is -0.225. The number of aryl methyl sites for hydroxylation is 1. The molecule has 112 valence electrons. The van der Waals surface area contributed by atoms with Crippen molar-refractivity contribution in [3.63, 3.8) is 0 Å². The van der Waals surface area contributed by atoms with Gasteiger partial charge in [-0.1, -0.05) is 16.5 Å². The van der Waals surface area contributed by atoms with Crippen LogP contribution in [0.25, 0.3) is 0 Å². The summed E-state index contributed by atoms with van der Waals surface area (Å²) < 4.78 is 10.5. The van der Waals surface area contributed by atoms with Gasteiger partial charge in [-0.25, -0.2) is 4.98 Å². The third-order valence-corrected chi connectivity index (χ3v) is 3.35. The van der Waals surface area contributed by atoms with Crippen molar-refractivity contribution in [3.05, 3.63) is 53.1 Å². The topological polar surface area (TPSA) is 90.1 Å². The van der Waals surface area contributed by atoms with E-state index in [1.54, 1.807) is 37.4 Å². The zero-order valence-electron chi connectivity index (χ0n) is 11.6. The van der Waals surface area contributed by atoms with Crippen LogP contribution in [0.2, 0.25) is 0 Å². The lowest BCUT2D eigenvalue weighted by Gasteiger charge is -2.04. The van der Waals surface area contributed by atoms with Crippen molar-refractivity contribution >= 4 is 17.2 Å². The van der Waals surface area contributed by atoms with Gasteiger partial charge < -0.3 is 14.6 Å². The molecule has 1 aromatic carbocycles. The predicted octanol–water partition coefficient (Wildman–Crippen LogP) is 2.56. The second kappa shape index (κ2) is 6.35. The van der Waals surface area contributed by atoms with Gasteiger partial charge in [0, 0.05) is 17.1 Å². The summed E-state index contributed by atoms with van der Waals surface area (Å²) in [6.45, 7) is 1.91. The average Bonchev–Trinajstić information content (AvgIpc) is 3.17. The normalized spacial score (nSPS) is 10.4. The van der Waals surface area contributed by atoms with Crippen molar-refractivity contribution in [2.75, 3.05) is 0 Å². The third-order valence-electron chi connectivity index (χ3n) is 2.70. The number of hydrogen-bond acceptors (Lipinski definition) is 7. The van der Waals surface area contributed by atoms with Crippen LogP contribution in [0, 0.1) is 6.92 Å². The second-order valence-electron chi connectivity index (χ2n) is 4.34. The summed E-state index contributed by atoms with van der Waals surface area (Å²) in [7, 11) is 0. The van der Waals surface area contributed by atoms with E-state index in [2.05, 4.69) is 20.4 Å². The molecule has 7 nitrogen and oxygen atoms in total. The average molecular weight is 316 g/mol. The Balaban J connectivity index is 1.58. The van der Waals surface area contributed by atoms with Crippen LogP contribution in [-0.4, -0.2) is 21.0 Å². The predicted molar refractivity (Wildman–Crippen MR) is 78.8 cm³/mol. The van der Waals surface area contributed by atoms with Gasteiger partial charge in [-0.05, 0) is 31.2 Å². The van der Waals surface area contributed by atoms with Crippen LogP contribution in [0.15, 0.2) is 40.4 Å². The Hall–Kier alpha value is -2.74. The highest BCUT2D eigenvalue weighted by molar-refractivity contribution is 7.11. The zero-order chi connectivity index (χ0) is 15.4. The maximum absolute atomic E-state index is 12.0. The Kier molecular flexibility index (Phi) is 4.10. The monoisotopic (exact) mass is 316 g/mol. The van der Waals surface area contributed by atoms with E-state index in [0.29, 0.717) is 28.2 Å². The first-order valence-corrected chi connectivity index (χ1v) is 7.33. The van der Waals surface area contributed by atoms with E-state index in [1.807, 2.05) is 5.38 Å². The number of hydrogen-bond donors (Lipinski definition) is 1. The number of nitrogens with zero attached hydrogens (tertiary/aromatic N) is 3.